The summed E-state index contributed by atoms with van der Waals surface area (Å²) in [5.41, 5.74) is 1.21. The van der Waals surface area contributed by atoms with Gasteiger partial charge in [0.1, 0.15) is 6.04 Å². The molecule has 0 saturated heterocycles. The molecule has 8 heteroatoms. The van der Waals surface area contributed by atoms with E-state index >= 15 is 0 Å². The first kappa shape index (κ1) is 20.5. The molecule has 0 aliphatic carbocycles. The molecule has 0 fully saturated rings. The SMILES string of the molecule is C[C@H](NC(=O)COC(=O)[C@@H](C)N1C(=O)c2ccccc2C1=O)c1ccccc1Cl. The second-order valence-corrected chi connectivity index (χ2v) is 7.03. The Bertz CT molecular complexity index is 956. The largest absolute Gasteiger partial charge is 0.454 e. The van der Waals surface area contributed by atoms with Gasteiger partial charge in [0.25, 0.3) is 17.7 Å². The van der Waals surface area contributed by atoms with Crippen LogP contribution in [0.3, 0.4) is 0 Å². The fourth-order valence-electron chi connectivity index (χ4n) is 3.11. The highest BCUT2D eigenvalue weighted by Gasteiger charge is 2.41. The van der Waals surface area contributed by atoms with Crippen LogP contribution in [0.15, 0.2) is 48.5 Å². The highest BCUT2D eigenvalue weighted by atomic mass is 35.5. The summed E-state index contributed by atoms with van der Waals surface area (Å²) in [6.45, 7) is 2.60. The van der Waals surface area contributed by atoms with Crippen LogP contribution in [0.2, 0.25) is 5.02 Å². The first-order valence-electron chi connectivity index (χ1n) is 8.98. The molecule has 2 aromatic rings. The maximum absolute atomic E-state index is 12.4. The van der Waals surface area contributed by atoms with Crippen molar-refractivity contribution in [3.05, 3.63) is 70.2 Å². The summed E-state index contributed by atoms with van der Waals surface area (Å²) in [7, 11) is 0. The second-order valence-electron chi connectivity index (χ2n) is 6.62. The Balaban J connectivity index is 1.57. The minimum Gasteiger partial charge on any atom is -0.454 e. The van der Waals surface area contributed by atoms with Crippen LogP contribution in [0.25, 0.3) is 0 Å². The first-order chi connectivity index (χ1) is 13.8. The van der Waals surface area contributed by atoms with E-state index in [1.54, 1.807) is 43.3 Å². The summed E-state index contributed by atoms with van der Waals surface area (Å²) >= 11 is 6.10. The number of fused-ring (bicyclic) bond motifs is 1. The molecule has 2 aromatic carbocycles. The molecule has 3 amide bonds. The van der Waals surface area contributed by atoms with Crippen molar-refractivity contribution in [2.75, 3.05) is 6.61 Å². The van der Waals surface area contributed by atoms with E-state index in [0.717, 1.165) is 10.5 Å². The number of ether oxygens (including phenoxy) is 1. The summed E-state index contributed by atoms with van der Waals surface area (Å²) in [6.07, 6.45) is 0. The summed E-state index contributed by atoms with van der Waals surface area (Å²) in [6, 6.07) is 11.9. The number of benzene rings is 2. The zero-order valence-electron chi connectivity index (χ0n) is 15.8. The molecule has 0 bridgehead atoms. The van der Waals surface area contributed by atoms with E-state index in [1.165, 1.54) is 19.1 Å². The topological polar surface area (TPSA) is 92.8 Å². The fourth-order valence-corrected chi connectivity index (χ4v) is 3.41. The van der Waals surface area contributed by atoms with E-state index in [0.29, 0.717) is 5.02 Å². The third-order valence-electron chi connectivity index (χ3n) is 4.65. The number of nitrogens with zero attached hydrogens (tertiary/aromatic N) is 1. The van der Waals surface area contributed by atoms with Gasteiger partial charge in [-0.2, -0.15) is 0 Å². The predicted molar refractivity (Wildman–Crippen MR) is 105 cm³/mol. The van der Waals surface area contributed by atoms with Gasteiger partial charge in [-0.15, -0.1) is 0 Å². The number of carbonyl (C=O) groups is 4. The van der Waals surface area contributed by atoms with Gasteiger partial charge in [-0.25, -0.2) is 4.79 Å². The van der Waals surface area contributed by atoms with Gasteiger partial charge in [0.15, 0.2) is 6.61 Å². The molecule has 0 aromatic heterocycles. The standard InChI is InChI=1S/C21H19ClN2O5/c1-12(14-7-5-6-10-17(14)22)23-18(25)11-29-21(28)13(2)24-19(26)15-8-3-4-9-16(15)20(24)27/h3-10,12-13H,11H2,1-2H3,(H,23,25)/t12-,13+/m0/s1. The molecule has 1 aliphatic rings. The van der Waals surface area contributed by atoms with Gasteiger partial charge < -0.3 is 10.1 Å². The highest BCUT2D eigenvalue weighted by molar-refractivity contribution is 6.31. The molecule has 2 atom stereocenters. The van der Waals surface area contributed by atoms with Crippen LogP contribution in [-0.2, 0) is 14.3 Å². The molecule has 1 aliphatic heterocycles. The average Bonchev–Trinajstić information content (AvgIpc) is 2.96. The van der Waals surface area contributed by atoms with Crippen LogP contribution >= 0.6 is 11.6 Å². The summed E-state index contributed by atoms with van der Waals surface area (Å²) in [5.74, 6) is -2.50. The van der Waals surface area contributed by atoms with E-state index < -0.39 is 36.3 Å². The third kappa shape index (κ3) is 4.14. The van der Waals surface area contributed by atoms with E-state index in [-0.39, 0.29) is 17.2 Å². The van der Waals surface area contributed by atoms with Gasteiger partial charge in [0.2, 0.25) is 0 Å². The van der Waals surface area contributed by atoms with Crippen molar-refractivity contribution in [1.82, 2.24) is 10.2 Å². The smallest absolute Gasteiger partial charge is 0.329 e. The Labute approximate surface area is 172 Å². The molecule has 29 heavy (non-hydrogen) atoms. The monoisotopic (exact) mass is 414 g/mol. The number of imide groups is 1. The number of amides is 3. The average molecular weight is 415 g/mol. The van der Waals surface area contributed by atoms with Crippen molar-refractivity contribution in [2.45, 2.75) is 25.9 Å². The van der Waals surface area contributed by atoms with Gasteiger partial charge in [-0.3, -0.25) is 19.3 Å². The normalized spacial score (nSPS) is 14.9. The summed E-state index contributed by atoms with van der Waals surface area (Å²) in [5, 5.41) is 3.20. The lowest BCUT2D eigenvalue weighted by Gasteiger charge is -2.21. The van der Waals surface area contributed by atoms with Crippen molar-refractivity contribution in [3.8, 4) is 0 Å². The Morgan fingerprint density at radius 3 is 2.14 bits per heavy atom. The van der Waals surface area contributed by atoms with Crippen molar-refractivity contribution < 1.29 is 23.9 Å². The van der Waals surface area contributed by atoms with Crippen molar-refractivity contribution in [2.24, 2.45) is 0 Å². The second kappa shape index (κ2) is 8.45. The van der Waals surface area contributed by atoms with E-state index in [9.17, 15) is 19.2 Å². The number of esters is 1. The van der Waals surface area contributed by atoms with Crippen LogP contribution < -0.4 is 5.32 Å². The summed E-state index contributed by atoms with van der Waals surface area (Å²) < 4.78 is 5.01. The Morgan fingerprint density at radius 2 is 1.55 bits per heavy atom. The van der Waals surface area contributed by atoms with Crippen molar-refractivity contribution in [1.29, 1.82) is 0 Å². The van der Waals surface area contributed by atoms with Gasteiger partial charge in [0.05, 0.1) is 17.2 Å². The summed E-state index contributed by atoms with van der Waals surface area (Å²) in [4.78, 5) is 50.1. The number of halogens is 1. The molecule has 7 nitrogen and oxygen atoms in total. The number of hydrogen-bond donors (Lipinski definition) is 1. The van der Waals surface area contributed by atoms with E-state index in [4.69, 9.17) is 16.3 Å². The molecule has 0 spiro atoms. The number of hydrogen-bond acceptors (Lipinski definition) is 5. The van der Waals surface area contributed by atoms with Crippen molar-refractivity contribution >= 4 is 35.3 Å². The molecule has 0 unspecified atom stereocenters. The molecule has 0 radical (unpaired) electrons. The molecule has 1 N–H and O–H groups in total. The maximum atomic E-state index is 12.4. The quantitative estimate of drug-likeness (QED) is 0.579. The predicted octanol–water partition coefficient (Wildman–Crippen LogP) is 2.75. The lowest BCUT2D eigenvalue weighted by molar-refractivity contribution is -0.152. The first-order valence-corrected chi connectivity index (χ1v) is 9.36. The van der Waals surface area contributed by atoms with Crippen LogP contribution in [0.5, 0.6) is 0 Å². The number of nitrogens with one attached hydrogen (secondary N) is 1. The van der Waals surface area contributed by atoms with Gasteiger partial charge >= 0.3 is 5.97 Å². The fraction of sp³-hybridized carbons (Fsp3) is 0.238. The molecule has 150 valence electrons. The number of carbonyl (C=O) groups excluding carboxylic acids is 4. The minimum atomic E-state index is -1.16. The number of rotatable bonds is 6. The van der Waals surface area contributed by atoms with Gasteiger partial charge in [0, 0.05) is 5.02 Å². The molecular formula is C21H19ClN2O5. The van der Waals surface area contributed by atoms with Crippen LogP contribution in [0.1, 0.15) is 46.2 Å². The highest BCUT2D eigenvalue weighted by Crippen LogP contribution is 2.25. The van der Waals surface area contributed by atoms with Crippen LogP contribution in [0, 0.1) is 0 Å². The molecular weight excluding hydrogens is 396 g/mol. The minimum absolute atomic E-state index is 0.239. The molecule has 1 heterocycles. The Hall–Kier alpha value is -3.19. The van der Waals surface area contributed by atoms with Crippen LogP contribution in [0.4, 0.5) is 0 Å². The van der Waals surface area contributed by atoms with E-state index in [2.05, 4.69) is 5.32 Å². The zero-order valence-corrected chi connectivity index (χ0v) is 16.6. The lowest BCUT2D eigenvalue weighted by Crippen LogP contribution is -2.44. The third-order valence-corrected chi connectivity index (χ3v) is 4.99. The maximum Gasteiger partial charge on any atom is 0.329 e. The van der Waals surface area contributed by atoms with E-state index in [1.807, 2.05) is 0 Å². The van der Waals surface area contributed by atoms with Gasteiger partial charge in [-0.05, 0) is 37.6 Å². The Kier molecular flexibility index (Phi) is 5.98. The zero-order chi connectivity index (χ0) is 21.1. The molecule has 3 rings (SSSR count). The molecule has 0 saturated carbocycles. The van der Waals surface area contributed by atoms with Crippen molar-refractivity contribution in [3.63, 3.8) is 0 Å². The Morgan fingerprint density at radius 1 is 1.00 bits per heavy atom. The van der Waals surface area contributed by atoms with Crippen LogP contribution in [-0.4, -0.2) is 41.2 Å². The lowest BCUT2D eigenvalue weighted by atomic mass is 10.1. The van der Waals surface area contributed by atoms with Gasteiger partial charge in [-0.1, -0.05) is 41.9 Å².